The standard InChI is InChI=1S/C58H46N2/c1-57(2)50-26-14-13-24-48(50)49-37-33-41(38-52(49)57)47-36-32-39-18-11-12-23-46(39)56(47)60-53-28-16-15-27-51(53)58(3,4)55-45(25-17-29-54(55)60)40-30-34-44(35-31-40)59(42-19-7-5-8-20-42)43-21-9-6-10-22-43/h5-38H,1-4H3. The molecule has 288 valence electrons. The van der Waals surface area contributed by atoms with Crippen molar-refractivity contribution in [3.05, 3.63) is 229 Å². The van der Waals surface area contributed by atoms with E-state index in [4.69, 9.17) is 0 Å². The lowest BCUT2D eigenvalue weighted by Gasteiger charge is -2.44. The zero-order chi connectivity index (χ0) is 40.6. The fourth-order valence-electron chi connectivity index (χ4n) is 10.3. The topological polar surface area (TPSA) is 6.48 Å². The summed E-state index contributed by atoms with van der Waals surface area (Å²) in [4.78, 5) is 4.90. The second-order valence-electron chi connectivity index (χ2n) is 17.3. The molecule has 0 amide bonds. The number of para-hydroxylation sites is 3. The van der Waals surface area contributed by atoms with Gasteiger partial charge >= 0.3 is 0 Å². The number of hydrogen-bond acceptors (Lipinski definition) is 2. The van der Waals surface area contributed by atoms with Crippen molar-refractivity contribution in [2.45, 2.75) is 38.5 Å². The molecule has 9 aromatic rings. The molecule has 0 unspecified atom stereocenters. The summed E-state index contributed by atoms with van der Waals surface area (Å²) in [6.07, 6.45) is 0. The monoisotopic (exact) mass is 770 g/mol. The average molecular weight is 771 g/mol. The lowest BCUT2D eigenvalue weighted by atomic mass is 9.70. The van der Waals surface area contributed by atoms with E-state index in [9.17, 15) is 0 Å². The van der Waals surface area contributed by atoms with Crippen LogP contribution in [0, 0.1) is 0 Å². The molecule has 0 saturated heterocycles. The van der Waals surface area contributed by atoms with Crippen molar-refractivity contribution in [1.29, 1.82) is 0 Å². The molecule has 0 radical (unpaired) electrons. The van der Waals surface area contributed by atoms with Crippen molar-refractivity contribution in [2.75, 3.05) is 9.80 Å². The van der Waals surface area contributed by atoms with Crippen molar-refractivity contribution >= 4 is 44.9 Å². The Labute approximate surface area is 353 Å². The predicted octanol–water partition coefficient (Wildman–Crippen LogP) is 16.1. The van der Waals surface area contributed by atoms with Crippen molar-refractivity contribution in [2.24, 2.45) is 0 Å². The number of hydrogen-bond donors (Lipinski definition) is 0. The summed E-state index contributed by atoms with van der Waals surface area (Å²) >= 11 is 0. The Morgan fingerprint density at radius 1 is 0.367 bits per heavy atom. The summed E-state index contributed by atoms with van der Waals surface area (Å²) in [6, 6.07) is 76.0. The second kappa shape index (κ2) is 13.7. The summed E-state index contributed by atoms with van der Waals surface area (Å²) in [6.45, 7) is 9.54. The van der Waals surface area contributed by atoms with Gasteiger partial charge in [-0.3, -0.25) is 0 Å². The smallest absolute Gasteiger partial charge is 0.0618 e. The largest absolute Gasteiger partial charge is 0.311 e. The SMILES string of the molecule is CC1(C)c2ccccc2-c2ccc(-c3ccc4ccccc4c3N3c4ccccc4C(C)(C)c4c(-c5ccc(N(c6ccccc6)c6ccccc6)cc5)cccc43)cc21. The molecule has 9 aromatic carbocycles. The van der Waals surface area contributed by atoms with Gasteiger partial charge in [0.25, 0.3) is 0 Å². The van der Waals surface area contributed by atoms with Gasteiger partial charge in [0.05, 0.1) is 17.1 Å². The molecule has 2 nitrogen and oxygen atoms in total. The van der Waals surface area contributed by atoms with Crippen molar-refractivity contribution in [3.8, 4) is 33.4 Å². The van der Waals surface area contributed by atoms with E-state index in [0.717, 1.165) is 17.1 Å². The van der Waals surface area contributed by atoms with E-state index in [1.54, 1.807) is 0 Å². The molecule has 0 aromatic heterocycles. The van der Waals surface area contributed by atoms with Crippen LogP contribution in [0.2, 0.25) is 0 Å². The third-order valence-corrected chi connectivity index (χ3v) is 13.2. The van der Waals surface area contributed by atoms with E-state index in [1.807, 2.05) is 0 Å². The quantitative estimate of drug-likeness (QED) is 0.166. The van der Waals surface area contributed by atoms with Crippen molar-refractivity contribution in [3.63, 3.8) is 0 Å². The highest BCUT2D eigenvalue weighted by Gasteiger charge is 2.40. The molecule has 60 heavy (non-hydrogen) atoms. The number of nitrogens with zero attached hydrogens (tertiary/aromatic N) is 2. The average Bonchev–Trinajstić information content (AvgIpc) is 3.52. The number of rotatable bonds is 6. The van der Waals surface area contributed by atoms with Crippen LogP contribution >= 0.6 is 0 Å². The molecule has 0 bridgehead atoms. The summed E-state index contributed by atoms with van der Waals surface area (Å²) in [5.41, 5.74) is 19.6. The molecular formula is C58H46N2. The molecule has 2 aliphatic rings. The van der Waals surface area contributed by atoms with Crippen LogP contribution in [0.1, 0.15) is 49.9 Å². The first-order valence-electron chi connectivity index (χ1n) is 21.1. The maximum absolute atomic E-state index is 2.57. The molecule has 0 fully saturated rings. The molecule has 1 aliphatic carbocycles. The molecule has 1 aliphatic heterocycles. The minimum absolute atomic E-state index is 0.100. The van der Waals surface area contributed by atoms with Gasteiger partial charge in [0.15, 0.2) is 0 Å². The van der Waals surface area contributed by atoms with Gasteiger partial charge in [-0.2, -0.15) is 0 Å². The summed E-state index contributed by atoms with van der Waals surface area (Å²) < 4.78 is 0. The van der Waals surface area contributed by atoms with E-state index >= 15 is 0 Å². The van der Waals surface area contributed by atoms with Crippen LogP contribution in [0.3, 0.4) is 0 Å². The van der Waals surface area contributed by atoms with E-state index in [1.165, 1.54) is 83.5 Å². The lowest BCUT2D eigenvalue weighted by Crippen LogP contribution is -2.31. The Balaban J connectivity index is 1.11. The predicted molar refractivity (Wildman–Crippen MR) is 254 cm³/mol. The van der Waals surface area contributed by atoms with Gasteiger partial charge in [0.1, 0.15) is 0 Å². The molecule has 1 heterocycles. The molecule has 0 N–H and O–H groups in total. The Morgan fingerprint density at radius 2 is 0.917 bits per heavy atom. The van der Waals surface area contributed by atoms with Gasteiger partial charge in [-0.05, 0) is 110 Å². The Bertz CT molecular complexity index is 3050. The second-order valence-corrected chi connectivity index (χ2v) is 17.3. The fourth-order valence-corrected chi connectivity index (χ4v) is 10.3. The maximum atomic E-state index is 2.57. The van der Waals surface area contributed by atoms with Crippen LogP contribution in [0.15, 0.2) is 206 Å². The van der Waals surface area contributed by atoms with Gasteiger partial charge in [0.2, 0.25) is 0 Å². The number of benzene rings is 9. The van der Waals surface area contributed by atoms with Crippen LogP contribution in [0.4, 0.5) is 34.1 Å². The lowest BCUT2D eigenvalue weighted by molar-refractivity contribution is 0.634. The van der Waals surface area contributed by atoms with E-state index in [-0.39, 0.29) is 10.8 Å². The summed E-state index contributed by atoms with van der Waals surface area (Å²) in [5.74, 6) is 0. The highest BCUT2D eigenvalue weighted by molar-refractivity contribution is 6.08. The molecule has 0 saturated carbocycles. The van der Waals surface area contributed by atoms with Crippen LogP contribution in [0.25, 0.3) is 44.2 Å². The van der Waals surface area contributed by atoms with E-state index in [0.29, 0.717) is 0 Å². The van der Waals surface area contributed by atoms with Gasteiger partial charge < -0.3 is 9.80 Å². The zero-order valence-corrected chi connectivity index (χ0v) is 34.5. The third kappa shape index (κ3) is 5.48. The number of fused-ring (bicyclic) bond motifs is 6. The van der Waals surface area contributed by atoms with Crippen LogP contribution in [0.5, 0.6) is 0 Å². The Morgan fingerprint density at radius 3 is 1.67 bits per heavy atom. The van der Waals surface area contributed by atoms with Crippen molar-refractivity contribution < 1.29 is 0 Å². The summed E-state index contributed by atoms with van der Waals surface area (Å²) in [7, 11) is 0. The molecule has 0 atom stereocenters. The maximum Gasteiger partial charge on any atom is 0.0618 e. The van der Waals surface area contributed by atoms with Gasteiger partial charge in [0, 0.05) is 38.8 Å². The third-order valence-electron chi connectivity index (χ3n) is 13.2. The van der Waals surface area contributed by atoms with Gasteiger partial charge in [-0.25, -0.2) is 0 Å². The zero-order valence-electron chi connectivity index (χ0n) is 34.5. The first-order chi connectivity index (χ1) is 29.3. The molecule has 11 rings (SSSR count). The molecule has 2 heteroatoms. The first kappa shape index (κ1) is 36.0. The van der Waals surface area contributed by atoms with Crippen LogP contribution in [-0.2, 0) is 10.8 Å². The molecule has 0 spiro atoms. The van der Waals surface area contributed by atoms with E-state index in [2.05, 4.69) is 244 Å². The summed E-state index contributed by atoms with van der Waals surface area (Å²) in [5, 5.41) is 2.46. The normalized spacial score (nSPS) is 14.2. The van der Waals surface area contributed by atoms with Crippen LogP contribution < -0.4 is 9.80 Å². The Kier molecular flexibility index (Phi) is 8.22. The van der Waals surface area contributed by atoms with Gasteiger partial charge in [-0.15, -0.1) is 0 Å². The first-order valence-corrected chi connectivity index (χ1v) is 21.1. The number of anilines is 6. The minimum atomic E-state index is -0.286. The minimum Gasteiger partial charge on any atom is -0.311 e. The van der Waals surface area contributed by atoms with Crippen LogP contribution in [-0.4, -0.2) is 0 Å². The van der Waals surface area contributed by atoms with Gasteiger partial charge in [-0.1, -0.05) is 179 Å². The van der Waals surface area contributed by atoms with Crippen molar-refractivity contribution in [1.82, 2.24) is 0 Å². The highest BCUT2D eigenvalue weighted by atomic mass is 15.2. The highest BCUT2D eigenvalue weighted by Crippen LogP contribution is 2.58. The van der Waals surface area contributed by atoms with E-state index < -0.39 is 0 Å². The fraction of sp³-hybridized carbons (Fsp3) is 0.103. The molecular weight excluding hydrogens is 725 g/mol. The Hall–Kier alpha value is -7.16.